The number of amides is 1. The fraction of sp³-hybridized carbons (Fsp3) is 0.409. The number of ether oxygens (including phenoxy) is 2. The van der Waals surface area contributed by atoms with Gasteiger partial charge in [0.2, 0.25) is 0 Å². The lowest BCUT2D eigenvalue weighted by molar-refractivity contribution is 0.0189. The van der Waals surface area contributed by atoms with Gasteiger partial charge in [-0.15, -0.1) is 0 Å². The lowest BCUT2D eigenvalue weighted by Gasteiger charge is -2.35. The van der Waals surface area contributed by atoms with Crippen molar-refractivity contribution in [3.63, 3.8) is 0 Å². The van der Waals surface area contributed by atoms with Crippen molar-refractivity contribution in [2.75, 3.05) is 13.7 Å². The minimum atomic E-state index is -1.06. The highest BCUT2D eigenvalue weighted by atomic mass is 16.5. The van der Waals surface area contributed by atoms with Gasteiger partial charge in [0.15, 0.2) is 0 Å². The molecule has 0 fully saturated rings. The molecule has 0 spiro atoms. The molecule has 2 N–H and O–H groups in total. The van der Waals surface area contributed by atoms with E-state index in [0.717, 1.165) is 35.5 Å². The first-order chi connectivity index (χ1) is 12.9. The number of hydrogen-bond acceptors (Lipinski definition) is 4. The zero-order valence-corrected chi connectivity index (χ0v) is 16.1. The first-order valence-corrected chi connectivity index (χ1v) is 9.36. The average molecular weight is 369 g/mol. The average Bonchev–Trinajstić information content (AvgIpc) is 2.66. The third-order valence-corrected chi connectivity index (χ3v) is 4.88. The standard InChI is InChI=1S/C22H27NO4/c1-15(2)27-18-8-6-16(7-9-18)21(24)23-14-22(25)12-4-5-17-13-19(26-3)10-11-20(17)22/h6-11,13,15,25H,4-5,12,14H2,1-3H3,(H,23,24). The summed E-state index contributed by atoms with van der Waals surface area (Å²) >= 11 is 0. The molecule has 0 heterocycles. The highest BCUT2D eigenvalue weighted by Crippen LogP contribution is 2.36. The molecule has 2 aromatic rings. The molecule has 2 aromatic carbocycles. The second-order valence-electron chi connectivity index (χ2n) is 7.28. The number of carbonyl (C=O) groups is 1. The smallest absolute Gasteiger partial charge is 0.251 e. The number of benzene rings is 2. The Balaban J connectivity index is 1.68. The SMILES string of the molecule is COc1ccc2c(c1)CCCC2(O)CNC(=O)c1ccc(OC(C)C)cc1. The van der Waals surface area contributed by atoms with Crippen LogP contribution in [0.4, 0.5) is 0 Å². The quantitative estimate of drug-likeness (QED) is 0.819. The molecular formula is C22H27NO4. The summed E-state index contributed by atoms with van der Waals surface area (Å²) in [6, 6.07) is 12.8. The van der Waals surface area contributed by atoms with E-state index < -0.39 is 5.60 Å². The van der Waals surface area contributed by atoms with Gasteiger partial charge in [0, 0.05) is 5.56 Å². The van der Waals surface area contributed by atoms with E-state index in [0.29, 0.717) is 12.0 Å². The molecule has 1 aliphatic carbocycles. The highest BCUT2D eigenvalue weighted by Gasteiger charge is 2.34. The molecule has 0 aromatic heterocycles. The molecule has 1 amide bonds. The lowest BCUT2D eigenvalue weighted by atomic mass is 9.79. The summed E-state index contributed by atoms with van der Waals surface area (Å²) in [5.41, 5.74) is 1.43. The molecule has 1 atom stereocenters. The van der Waals surface area contributed by atoms with Gasteiger partial charge in [-0.25, -0.2) is 0 Å². The number of nitrogens with one attached hydrogen (secondary N) is 1. The first-order valence-electron chi connectivity index (χ1n) is 9.36. The van der Waals surface area contributed by atoms with Crippen molar-refractivity contribution in [3.8, 4) is 11.5 Å². The Bertz CT molecular complexity index is 800. The van der Waals surface area contributed by atoms with Crippen LogP contribution in [0.15, 0.2) is 42.5 Å². The summed E-state index contributed by atoms with van der Waals surface area (Å²) in [5, 5.41) is 14.0. The van der Waals surface area contributed by atoms with Crippen LogP contribution in [0.5, 0.6) is 11.5 Å². The third-order valence-electron chi connectivity index (χ3n) is 4.88. The van der Waals surface area contributed by atoms with E-state index >= 15 is 0 Å². The van der Waals surface area contributed by atoms with Gasteiger partial charge < -0.3 is 19.9 Å². The molecule has 0 aliphatic heterocycles. The molecule has 5 nitrogen and oxygen atoms in total. The number of aryl methyl sites for hydroxylation is 1. The van der Waals surface area contributed by atoms with Gasteiger partial charge in [0.25, 0.3) is 5.91 Å². The van der Waals surface area contributed by atoms with E-state index in [1.165, 1.54) is 0 Å². The Labute approximate surface area is 160 Å². The van der Waals surface area contributed by atoms with E-state index in [1.54, 1.807) is 31.4 Å². The molecule has 144 valence electrons. The van der Waals surface area contributed by atoms with Gasteiger partial charge in [-0.1, -0.05) is 6.07 Å². The summed E-state index contributed by atoms with van der Waals surface area (Å²) in [4.78, 5) is 12.5. The van der Waals surface area contributed by atoms with Crippen LogP contribution in [-0.2, 0) is 12.0 Å². The minimum Gasteiger partial charge on any atom is -0.497 e. The largest absolute Gasteiger partial charge is 0.497 e. The Hall–Kier alpha value is -2.53. The van der Waals surface area contributed by atoms with E-state index in [-0.39, 0.29) is 18.6 Å². The Morgan fingerprint density at radius 3 is 2.56 bits per heavy atom. The Morgan fingerprint density at radius 1 is 1.19 bits per heavy atom. The monoisotopic (exact) mass is 369 g/mol. The predicted molar refractivity (Wildman–Crippen MR) is 104 cm³/mol. The van der Waals surface area contributed by atoms with Crippen molar-refractivity contribution in [1.29, 1.82) is 0 Å². The maximum atomic E-state index is 12.5. The van der Waals surface area contributed by atoms with E-state index in [4.69, 9.17) is 9.47 Å². The number of hydrogen-bond donors (Lipinski definition) is 2. The van der Waals surface area contributed by atoms with Crippen LogP contribution in [0.25, 0.3) is 0 Å². The van der Waals surface area contributed by atoms with Crippen LogP contribution >= 0.6 is 0 Å². The summed E-state index contributed by atoms with van der Waals surface area (Å²) in [6.07, 6.45) is 2.48. The fourth-order valence-electron chi connectivity index (χ4n) is 3.53. The van der Waals surface area contributed by atoms with Crippen molar-refractivity contribution >= 4 is 5.91 Å². The van der Waals surface area contributed by atoms with Gasteiger partial charge in [-0.05, 0) is 80.6 Å². The van der Waals surface area contributed by atoms with Crippen LogP contribution < -0.4 is 14.8 Å². The molecule has 5 heteroatoms. The summed E-state index contributed by atoms with van der Waals surface area (Å²) in [5.74, 6) is 1.31. The van der Waals surface area contributed by atoms with Crippen LogP contribution in [0.1, 0.15) is 48.2 Å². The molecule has 0 saturated heterocycles. The molecule has 1 unspecified atom stereocenters. The number of aliphatic hydroxyl groups is 1. The second-order valence-corrected chi connectivity index (χ2v) is 7.28. The maximum Gasteiger partial charge on any atom is 0.251 e. The zero-order valence-electron chi connectivity index (χ0n) is 16.1. The van der Waals surface area contributed by atoms with Gasteiger partial charge in [0.05, 0.1) is 19.8 Å². The lowest BCUT2D eigenvalue weighted by Crippen LogP contribution is -2.43. The summed E-state index contributed by atoms with van der Waals surface area (Å²) < 4.78 is 10.9. The first kappa shape index (κ1) is 19.2. The molecule has 0 bridgehead atoms. The van der Waals surface area contributed by atoms with E-state index in [2.05, 4.69) is 5.32 Å². The number of methoxy groups -OCH3 is 1. The molecule has 27 heavy (non-hydrogen) atoms. The van der Waals surface area contributed by atoms with Crippen molar-refractivity contribution in [1.82, 2.24) is 5.32 Å². The van der Waals surface area contributed by atoms with Crippen molar-refractivity contribution in [3.05, 3.63) is 59.2 Å². The fourth-order valence-corrected chi connectivity index (χ4v) is 3.53. The molecular weight excluding hydrogens is 342 g/mol. The second kappa shape index (κ2) is 8.01. The molecule has 0 saturated carbocycles. The van der Waals surface area contributed by atoms with Crippen LogP contribution in [0, 0.1) is 0 Å². The Morgan fingerprint density at radius 2 is 1.89 bits per heavy atom. The summed E-state index contributed by atoms with van der Waals surface area (Å²) in [6.45, 7) is 4.09. The molecule has 3 rings (SSSR count). The number of fused-ring (bicyclic) bond motifs is 1. The molecule has 0 radical (unpaired) electrons. The summed E-state index contributed by atoms with van der Waals surface area (Å²) in [7, 11) is 1.63. The topological polar surface area (TPSA) is 67.8 Å². The van der Waals surface area contributed by atoms with Gasteiger partial charge >= 0.3 is 0 Å². The van der Waals surface area contributed by atoms with Crippen LogP contribution in [-0.4, -0.2) is 30.8 Å². The maximum absolute atomic E-state index is 12.5. The van der Waals surface area contributed by atoms with Crippen LogP contribution in [0.3, 0.4) is 0 Å². The zero-order chi connectivity index (χ0) is 19.4. The van der Waals surface area contributed by atoms with Crippen LogP contribution in [0.2, 0.25) is 0 Å². The number of rotatable bonds is 6. The van der Waals surface area contributed by atoms with Crippen molar-refractivity contribution in [2.45, 2.75) is 44.8 Å². The van der Waals surface area contributed by atoms with E-state index in [1.807, 2.05) is 32.0 Å². The van der Waals surface area contributed by atoms with Crippen molar-refractivity contribution < 1.29 is 19.4 Å². The third kappa shape index (κ3) is 4.42. The minimum absolute atomic E-state index is 0.0870. The highest BCUT2D eigenvalue weighted by molar-refractivity contribution is 5.94. The van der Waals surface area contributed by atoms with Gasteiger partial charge in [-0.3, -0.25) is 4.79 Å². The van der Waals surface area contributed by atoms with E-state index in [9.17, 15) is 9.90 Å². The van der Waals surface area contributed by atoms with Gasteiger partial charge in [0.1, 0.15) is 17.1 Å². The normalized spacial score (nSPS) is 18.7. The van der Waals surface area contributed by atoms with Crippen molar-refractivity contribution in [2.24, 2.45) is 0 Å². The Kier molecular flexibility index (Phi) is 5.71. The number of carbonyl (C=O) groups excluding carboxylic acids is 1. The predicted octanol–water partition coefficient (Wildman–Crippen LogP) is 3.44. The van der Waals surface area contributed by atoms with Gasteiger partial charge in [-0.2, -0.15) is 0 Å². The molecule has 1 aliphatic rings.